The molecule has 1 fully saturated rings. The van der Waals surface area contributed by atoms with Crippen molar-refractivity contribution < 1.29 is 9.59 Å². The van der Waals surface area contributed by atoms with E-state index in [9.17, 15) is 9.59 Å². The molecular formula is C14H17ClN2O2. The zero-order chi connectivity index (χ0) is 14.2. The molecular weight excluding hydrogens is 264 g/mol. The number of hydrogen-bond donors (Lipinski definition) is 1. The lowest BCUT2D eigenvalue weighted by Crippen LogP contribution is -2.53. The van der Waals surface area contributed by atoms with Gasteiger partial charge in [0.25, 0.3) is 5.91 Å². The summed E-state index contributed by atoms with van der Waals surface area (Å²) in [6, 6.07) is 5.43. The van der Waals surface area contributed by atoms with E-state index in [2.05, 4.69) is 5.32 Å². The number of aryl methyl sites for hydroxylation is 1. The minimum absolute atomic E-state index is 0.111. The van der Waals surface area contributed by atoms with Gasteiger partial charge in [-0.1, -0.05) is 17.7 Å². The maximum atomic E-state index is 12.5. The highest BCUT2D eigenvalue weighted by molar-refractivity contribution is 6.31. The third-order valence-corrected chi connectivity index (χ3v) is 3.49. The molecule has 102 valence electrons. The lowest BCUT2D eigenvalue weighted by Gasteiger charge is -2.29. The van der Waals surface area contributed by atoms with Crippen LogP contribution < -0.4 is 10.2 Å². The first kappa shape index (κ1) is 13.9. The Labute approximate surface area is 117 Å². The van der Waals surface area contributed by atoms with Crippen LogP contribution in [0.25, 0.3) is 0 Å². The summed E-state index contributed by atoms with van der Waals surface area (Å²) < 4.78 is 0. The summed E-state index contributed by atoms with van der Waals surface area (Å²) >= 11 is 6.00. The van der Waals surface area contributed by atoms with E-state index >= 15 is 0 Å². The SMILES string of the molecule is Cc1ccc(Cl)cc1N1CCC(=O)NC(C)(C)C1=O. The van der Waals surface area contributed by atoms with Crippen LogP contribution in [0.4, 0.5) is 5.69 Å². The number of rotatable bonds is 1. The molecule has 4 nitrogen and oxygen atoms in total. The fraction of sp³-hybridized carbons (Fsp3) is 0.429. The summed E-state index contributed by atoms with van der Waals surface area (Å²) in [5, 5.41) is 3.32. The van der Waals surface area contributed by atoms with Crippen LogP contribution >= 0.6 is 11.6 Å². The number of nitrogens with one attached hydrogen (secondary N) is 1. The highest BCUT2D eigenvalue weighted by atomic mass is 35.5. The van der Waals surface area contributed by atoms with Crippen molar-refractivity contribution in [2.45, 2.75) is 32.7 Å². The molecule has 0 radical (unpaired) electrons. The van der Waals surface area contributed by atoms with Gasteiger partial charge in [-0.15, -0.1) is 0 Å². The first-order chi connectivity index (χ1) is 8.81. The molecule has 19 heavy (non-hydrogen) atoms. The van der Waals surface area contributed by atoms with Gasteiger partial charge in [-0.25, -0.2) is 0 Å². The van der Waals surface area contributed by atoms with Gasteiger partial charge in [-0.2, -0.15) is 0 Å². The molecule has 1 aliphatic rings. The van der Waals surface area contributed by atoms with Gasteiger partial charge in [0, 0.05) is 23.7 Å². The molecule has 1 N–H and O–H groups in total. The number of amides is 2. The maximum absolute atomic E-state index is 12.5. The van der Waals surface area contributed by atoms with E-state index in [0.29, 0.717) is 18.0 Å². The number of benzene rings is 1. The Morgan fingerprint density at radius 1 is 1.32 bits per heavy atom. The molecule has 0 aromatic heterocycles. The fourth-order valence-corrected chi connectivity index (χ4v) is 2.39. The number of carbonyl (C=O) groups is 2. The summed E-state index contributed by atoms with van der Waals surface area (Å²) in [6.07, 6.45) is 0.293. The van der Waals surface area contributed by atoms with E-state index in [0.717, 1.165) is 11.3 Å². The number of carbonyl (C=O) groups excluding carboxylic acids is 2. The second-order valence-corrected chi connectivity index (χ2v) is 5.75. The van der Waals surface area contributed by atoms with E-state index < -0.39 is 5.54 Å². The quantitative estimate of drug-likeness (QED) is 0.858. The molecule has 2 amide bonds. The molecule has 5 heteroatoms. The maximum Gasteiger partial charge on any atom is 0.252 e. The molecule has 1 aliphatic heterocycles. The standard InChI is InChI=1S/C14H17ClN2O2/c1-9-4-5-10(15)8-11(9)17-7-6-12(18)16-14(2,3)13(17)19/h4-5,8H,6-7H2,1-3H3,(H,16,18). The highest BCUT2D eigenvalue weighted by Gasteiger charge is 2.37. The Bertz CT molecular complexity index is 540. The topological polar surface area (TPSA) is 49.4 Å². The van der Waals surface area contributed by atoms with Crippen LogP contribution in [0, 0.1) is 6.92 Å². The Hall–Kier alpha value is -1.55. The van der Waals surface area contributed by atoms with Crippen molar-refractivity contribution in [3.05, 3.63) is 28.8 Å². The van der Waals surface area contributed by atoms with Crippen molar-refractivity contribution in [3.63, 3.8) is 0 Å². The van der Waals surface area contributed by atoms with Crippen LogP contribution in [0.15, 0.2) is 18.2 Å². The second-order valence-electron chi connectivity index (χ2n) is 5.31. The van der Waals surface area contributed by atoms with E-state index in [1.165, 1.54) is 0 Å². The average Bonchev–Trinajstić information content (AvgIpc) is 2.41. The molecule has 1 aromatic carbocycles. The zero-order valence-corrected chi connectivity index (χ0v) is 12.0. The van der Waals surface area contributed by atoms with Crippen molar-refractivity contribution in [2.24, 2.45) is 0 Å². The summed E-state index contributed by atoms with van der Waals surface area (Å²) in [4.78, 5) is 25.8. The first-order valence-electron chi connectivity index (χ1n) is 6.20. The molecule has 1 saturated heterocycles. The molecule has 2 rings (SSSR count). The minimum atomic E-state index is -0.900. The molecule has 1 aromatic rings. The molecule has 0 atom stereocenters. The monoisotopic (exact) mass is 280 g/mol. The van der Waals surface area contributed by atoms with Crippen molar-refractivity contribution in [3.8, 4) is 0 Å². The van der Waals surface area contributed by atoms with Gasteiger partial charge in [-0.05, 0) is 38.5 Å². The van der Waals surface area contributed by atoms with E-state index in [-0.39, 0.29) is 11.8 Å². The Kier molecular flexibility index (Phi) is 3.54. The minimum Gasteiger partial charge on any atom is -0.342 e. The van der Waals surface area contributed by atoms with Crippen LogP contribution in [-0.2, 0) is 9.59 Å². The summed E-state index contributed by atoms with van der Waals surface area (Å²) in [7, 11) is 0. The van der Waals surface area contributed by atoms with Gasteiger partial charge in [0.2, 0.25) is 5.91 Å². The third kappa shape index (κ3) is 2.73. The lowest BCUT2D eigenvalue weighted by atomic mass is 10.0. The summed E-state index contributed by atoms with van der Waals surface area (Å²) in [5.74, 6) is -0.232. The highest BCUT2D eigenvalue weighted by Crippen LogP contribution is 2.27. The Morgan fingerprint density at radius 2 is 2.00 bits per heavy atom. The van der Waals surface area contributed by atoms with Crippen molar-refractivity contribution >= 4 is 29.1 Å². The molecule has 0 bridgehead atoms. The van der Waals surface area contributed by atoms with Crippen molar-refractivity contribution in [1.82, 2.24) is 5.32 Å². The van der Waals surface area contributed by atoms with Crippen molar-refractivity contribution in [1.29, 1.82) is 0 Å². The predicted octanol–water partition coefficient (Wildman–Crippen LogP) is 2.28. The van der Waals surface area contributed by atoms with E-state index in [1.54, 1.807) is 30.9 Å². The predicted molar refractivity (Wildman–Crippen MR) is 75.4 cm³/mol. The number of nitrogens with zero attached hydrogens (tertiary/aromatic N) is 1. The van der Waals surface area contributed by atoms with Gasteiger partial charge in [0.05, 0.1) is 0 Å². The van der Waals surface area contributed by atoms with Gasteiger partial charge < -0.3 is 10.2 Å². The van der Waals surface area contributed by atoms with Crippen molar-refractivity contribution in [2.75, 3.05) is 11.4 Å². The van der Waals surface area contributed by atoms with Gasteiger partial charge in [0.1, 0.15) is 5.54 Å². The Balaban J connectivity index is 2.45. The largest absolute Gasteiger partial charge is 0.342 e. The lowest BCUT2D eigenvalue weighted by molar-refractivity contribution is -0.128. The first-order valence-corrected chi connectivity index (χ1v) is 6.58. The molecule has 1 heterocycles. The molecule has 0 saturated carbocycles. The fourth-order valence-electron chi connectivity index (χ4n) is 2.22. The normalized spacial score (nSPS) is 19.1. The van der Waals surface area contributed by atoms with Gasteiger partial charge in [0.15, 0.2) is 0 Å². The number of halogens is 1. The van der Waals surface area contributed by atoms with E-state index in [4.69, 9.17) is 11.6 Å². The third-order valence-electron chi connectivity index (χ3n) is 3.26. The molecule has 0 unspecified atom stereocenters. The summed E-state index contributed by atoms with van der Waals surface area (Å²) in [6.45, 7) is 5.72. The van der Waals surface area contributed by atoms with Gasteiger partial charge >= 0.3 is 0 Å². The smallest absolute Gasteiger partial charge is 0.252 e. The van der Waals surface area contributed by atoms with Crippen LogP contribution in [-0.4, -0.2) is 23.9 Å². The molecule has 0 aliphatic carbocycles. The second kappa shape index (κ2) is 4.85. The molecule has 0 spiro atoms. The van der Waals surface area contributed by atoms with Gasteiger partial charge in [-0.3, -0.25) is 9.59 Å². The number of hydrogen-bond acceptors (Lipinski definition) is 2. The van der Waals surface area contributed by atoms with Crippen LogP contribution in [0.2, 0.25) is 5.02 Å². The van der Waals surface area contributed by atoms with E-state index in [1.807, 2.05) is 13.0 Å². The number of anilines is 1. The van der Waals surface area contributed by atoms with Crippen LogP contribution in [0.5, 0.6) is 0 Å². The van der Waals surface area contributed by atoms with Crippen LogP contribution in [0.3, 0.4) is 0 Å². The Morgan fingerprint density at radius 3 is 2.68 bits per heavy atom. The summed E-state index contributed by atoms with van der Waals surface area (Å²) in [5.41, 5.74) is 0.826. The zero-order valence-electron chi connectivity index (χ0n) is 11.3. The average molecular weight is 281 g/mol. The van der Waals surface area contributed by atoms with Crippen LogP contribution in [0.1, 0.15) is 25.8 Å².